The highest BCUT2D eigenvalue weighted by atomic mass is 28.3. The molecule has 0 amide bonds. The van der Waals surface area contributed by atoms with Crippen molar-refractivity contribution in [3.63, 3.8) is 0 Å². The molecule has 0 aromatic carbocycles. The molecule has 92 valence electrons. The normalized spacial score (nSPS) is 16.9. The van der Waals surface area contributed by atoms with Gasteiger partial charge in [0, 0.05) is 12.3 Å². The molecule has 1 unspecified atom stereocenters. The lowest BCUT2D eigenvalue weighted by atomic mass is 10.1. The van der Waals surface area contributed by atoms with Crippen LogP contribution in [0.3, 0.4) is 0 Å². The second-order valence-corrected chi connectivity index (χ2v) is 8.19. The Morgan fingerprint density at radius 1 is 1.44 bits per heavy atom. The first-order chi connectivity index (χ1) is 7.74. The summed E-state index contributed by atoms with van der Waals surface area (Å²) in [6, 6.07) is 0. The molecule has 1 atom stereocenters. The molecule has 1 rings (SSSR count). The van der Waals surface area contributed by atoms with Crippen LogP contribution >= 0.6 is 0 Å². The van der Waals surface area contributed by atoms with Gasteiger partial charge in [0.1, 0.15) is 0 Å². The first-order valence-corrected chi connectivity index (χ1v) is 9.68. The summed E-state index contributed by atoms with van der Waals surface area (Å²) in [5.74, 6) is 0. The molecule has 1 aliphatic rings. The summed E-state index contributed by atoms with van der Waals surface area (Å²) >= 11 is 0. The molecule has 0 N–H and O–H groups in total. The van der Waals surface area contributed by atoms with Crippen LogP contribution in [0.1, 0.15) is 39.0 Å². The van der Waals surface area contributed by atoms with Gasteiger partial charge in [0.15, 0.2) is 0 Å². The van der Waals surface area contributed by atoms with Gasteiger partial charge in [0.05, 0.1) is 8.80 Å². The molecule has 0 aromatic rings. The van der Waals surface area contributed by atoms with Gasteiger partial charge in [-0.15, -0.1) is 0 Å². The van der Waals surface area contributed by atoms with E-state index >= 15 is 0 Å². The van der Waals surface area contributed by atoms with Crippen molar-refractivity contribution in [2.45, 2.75) is 57.8 Å². The smallest absolute Gasteiger partial charge is 0.0656 e. The van der Waals surface area contributed by atoms with E-state index in [1.54, 1.807) is 0 Å². The Hall–Kier alpha value is -0.343. The fourth-order valence-corrected chi connectivity index (χ4v) is 3.34. The predicted molar refractivity (Wildman–Crippen MR) is 74.6 cm³/mol. The van der Waals surface area contributed by atoms with Crippen molar-refractivity contribution in [1.29, 1.82) is 0 Å². The van der Waals surface area contributed by atoms with Crippen molar-refractivity contribution in [3.8, 4) is 0 Å². The largest absolute Gasteiger partial charge is 0.382 e. The van der Waals surface area contributed by atoms with Crippen LogP contribution < -0.4 is 0 Å². The third kappa shape index (κ3) is 5.13. The summed E-state index contributed by atoms with van der Waals surface area (Å²) in [5.41, 5.74) is 2.08. The van der Waals surface area contributed by atoms with Crippen molar-refractivity contribution < 1.29 is 4.74 Å². The number of hydrogen-bond donors (Lipinski definition) is 0. The lowest BCUT2D eigenvalue weighted by Gasteiger charge is -2.20. The number of ether oxygens (including phenoxy) is 1. The van der Waals surface area contributed by atoms with Gasteiger partial charge in [0.25, 0.3) is 0 Å². The molecule has 0 spiro atoms. The van der Waals surface area contributed by atoms with Crippen LogP contribution in [-0.4, -0.2) is 21.1 Å². The lowest BCUT2D eigenvalue weighted by molar-refractivity contribution is 0.0947. The fraction of sp³-hybridized carbons (Fsp3) is 0.714. The Labute approximate surface area is 102 Å². The van der Waals surface area contributed by atoms with E-state index in [1.165, 1.54) is 31.3 Å². The molecule has 2 heteroatoms. The minimum Gasteiger partial charge on any atom is -0.382 e. The van der Waals surface area contributed by atoms with Gasteiger partial charge >= 0.3 is 0 Å². The summed E-state index contributed by atoms with van der Waals surface area (Å²) in [7, 11) is -0.662. The molecule has 0 saturated heterocycles. The molecule has 16 heavy (non-hydrogen) atoms. The third-order valence-corrected chi connectivity index (χ3v) is 5.15. The monoisotopic (exact) mass is 238 g/mol. The zero-order chi connectivity index (χ0) is 11.8. The van der Waals surface area contributed by atoms with Gasteiger partial charge in [-0.1, -0.05) is 50.2 Å². The molecular formula is C14H26OSi. The Morgan fingerprint density at radius 2 is 2.25 bits per heavy atom. The van der Waals surface area contributed by atoms with Crippen molar-refractivity contribution in [2.24, 2.45) is 0 Å². The van der Waals surface area contributed by atoms with E-state index in [2.05, 4.69) is 38.2 Å². The molecule has 0 radical (unpaired) electrons. The number of hydrogen-bond acceptors (Lipinski definition) is 1. The number of rotatable bonds is 8. The van der Waals surface area contributed by atoms with Crippen LogP contribution in [0.5, 0.6) is 0 Å². The third-order valence-electron chi connectivity index (χ3n) is 3.14. The van der Waals surface area contributed by atoms with Crippen LogP contribution in [0, 0.1) is 0 Å². The minimum absolute atomic E-state index is 0.571. The standard InChI is InChI=1S/C14H26OSi/c1-4-5-12-15-14(16(2)3)11-10-13-8-6-7-9-13/h6,8-9,14,16H,4-5,7,10-12H2,1-3H3. The summed E-state index contributed by atoms with van der Waals surface area (Å²) in [6.07, 6.45) is 12.9. The van der Waals surface area contributed by atoms with E-state index in [1.807, 2.05) is 0 Å². The van der Waals surface area contributed by atoms with Crippen molar-refractivity contribution >= 4 is 8.80 Å². The van der Waals surface area contributed by atoms with Crippen LogP contribution in [0.4, 0.5) is 0 Å². The Balaban J connectivity index is 2.24. The Morgan fingerprint density at radius 3 is 2.81 bits per heavy atom. The van der Waals surface area contributed by atoms with Crippen LogP contribution in [0.2, 0.25) is 13.1 Å². The quantitative estimate of drug-likeness (QED) is 0.461. The van der Waals surface area contributed by atoms with E-state index in [4.69, 9.17) is 4.74 Å². The zero-order valence-corrected chi connectivity index (χ0v) is 12.2. The van der Waals surface area contributed by atoms with Gasteiger partial charge < -0.3 is 4.74 Å². The maximum Gasteiger partial charge on any atom is 0.0656 e. The predicted octanol–water partition coefficient (Wildman–Crippen LogP) is 3.86. The summed E-state index contributed by atoms with van der Waals surface area (Å²) < 4.78 is 6.01. The van der Waals surface area contributed by atoms with E-state index in [9.17, 15) is 0 Å². The highest BCUT2D eigenvalue weighted by Gasteiger charge is 2.15. The van der Waals surface area contributed by atoms with Gasteiger partial charge in [0.2, 0.25) is 0 Å². The number of allylic oxidation sites excluding steroid dienone is 4. The second kappa shape index (κ2) is 7.85. The summed E-state index contributed by atoms with van der Waals surface area (Å²) in [6.45, 7) is 7.98. The first-order valence-electron chi connectivity index (χ1n) is 6.71. The van der Waals surface area contributed by atoms with Crippen molar-refractivity contribution in [2.75, 3.05) is 6.61 Å². The Kier molecular flexibility index (Phi) is 6.73. The molecule has 0 bridgehead atoms. The molecule has 0 saturated carbocycles. The molecule has 0 aliphatic heterocycles. The number of unbranched alkanes of at least 4 members (excludes halogenated alkanes) is 1. The Bertz CT molecular complexity index is 243. The molecule has 1 nitrogen and oxygen atoms in total. The SMILES string of the molecule is CCCCOC(CCC1=CCC=C1)[SiH](C)C. The average molecular weight is 238 g/mol. The highest BCUT2D eigenvalue weighted by Crippen LogP contribution is 2.18. The maximum absolute atomic E-state index is 6.01. The van der Waals surface area contributed by atoms with E-state index in [-0.39, 0.29) is 0 Å². The van der Waals surface area contributed by atoms with Crippen molar-refractivity contribution in [1.82, 2.24) is 0 Å². The van der Waals surface area contributed by atoms with E-state index in [0.29, 0.717) is 5.73 Å². The molecular weight excluding hydrogens is 212 g/mol. The maximum atomic E-state index is 6.01. The van der Waals surface area contributed by atoms with Crippen LogP contribution in [0.15, 0.2) is 23.8 Å². The van der Waals surface area contributed by atoms with Crippen molar-refractivity contribution in [3.05, 3.63) is 23.8 Å². The molecule has 0 heterocycles. The molecule has 0 fully saturated rings. The lowest BCUT2D eigenvalue weighted by Crippen LogP contribution is -2.28. The highest BCUT2D eigenvalue weighted by molar-refractivity contribution is 6.57. The molecule has 0 aromatic heterocycles. The van der Waals surface area contributed by atoms with Gasteiger partial charge in [-0.2, -0.15) is 0 Å². The van der Waals surface area contributed by atoms with Gasteiger partial charge in [-0.25, -0.2) is 0 Å². The zero-order valence-electron chi connectivity index (χ0n) is 11.0. The van der Waals surface area contributed by atoms with Crippen LogP contribution in [0.25, 0.3) is 0 Å². The van der Waals surface area contributed by atoms with E-state index < -0.39 is 8.80 Å². The summed E-state index contributed by atoms with van der Waals surface area (Å²) in [5, 5.41) is 0. The van der Waals surface area contributed by atoms with E-state index in [0.717, 1.165) is 13.0 Å². The average Bonchev–Trinajstić information content (AvgIpc) is 2.75. The molecule has 1 aliphatic carbocycles. The van der Waals surface area contributed by atoms with Gasteiger partial charge in [-0.3, -0.25) is 0 Å². The van der Waals surface area contributed by atoms with Gasteiger partial charge in [-0.05, 0) is 25.7 Å². The second-order valence-electron chi connectivity index (χ2n) is 4.96. The topological polar surface area (TPSA) is 9.23 Å². The minimum atomic E-state index is -0.662. The summed E-state index contributed by atoms with van der Waals surface area (Å²) in [4.78, 5) is 0. The van der Waals surface area contributed by atoms with Crippen LogP contribution in [-0.2, 0) is 4.74 Å². The first kappa shape index (κ1) is 13.7. The fourth-order valence-electron chi connectivity index (χ4n) is 1.99.